The van der Waals surface area contributed by atoms with Gasteiger partial charge in [-0.1, -0.05) is 13.8 Å². The van der Waals surface area contributed by atoms with E-state index < -0.39 is 0 Å². The lowest BCUT2D eigenvalue weighted by Crippen LogP contribution is -2.47. The summed E-state index contributed by atoms with van der Waals surface area (Å²) < 4.78 is 0. The number of rotatable bonds is 5. The molecule has 90 valence electrons. The van der Waals surface area contributed by atoms with E-state index in [2.05, 4.69) is 37.4 Å². The van der Waals surface area contributed by atoms with Crippen LogP contribution in [0.15, 0.2) is 0 Å². The summed E-state index contributed by atoms with van der Waals surface area (Å²) >= 11 is 1.96. The molecule has 3 heteroatoms. The average Bonchev–Trinajstić information content (AvgIpc) is 2.21. The van der Waals surface area contributed by atoms with E-state index in [0.29, 0.717) is 0 Å². The van der Waals surface area contributed by atoms with E-state index in [4.69, 9.17) is 0 Å². The van der Waals surface area contributed by atoms with E-state index in [1.54, 1.807) is 0 Å². The Bertz CT molecular complexity index is 175. The van der Waals surface area contributed by atoms with Gasteiger partial charge in [-0.3, -0.25) is 0 Å². The Kier molecular flexibility index (Phi) is 6.02. The number of hydrogen-bond acceptors (Lipinski definition) is 3. The predicted molar refractivity (Wildman–Crippen MR) is 70.7 cm³/mol. The standard InChI is InChI=1S/C12H26N2S/c1-10-9-14(3)8-6-12(10)13-7-5-11(2)15-4/h10-13H,5-9H2,1-4H3. The van der Waals surface area contributed by atoms with Crippen molar-refractivity contribution in [3.63, 3.8) is 0 Å². The topological polar surface area (TPSA) is 15.3 Å². The second-order valence-electron chi connectivity index (χ2n) is 4.92. The van der Waals surface area contributed by atoms with Gasteiger partial charge in [-0.15, -0.1) is 0 Å². The lowest BCUT2D eigenvalue weighted by atomic mass is 9.94. The number of nitrogens with one attached hydrogen (secondary N) is 1. The first-order valence-electron chi connectivity index (χ1n) is 6.08. The molecule has 0 amide bonds. The van der Waals surface area contributed by atoms with Gasteiger partial charge < -0.3 is 10.2 Å². The van der Waals surface area contributed by atoms with Gasteiger partial charge in [-0.05, 0) is 45.2 Å². The Labute approximate surface area is 99.2 Å². The Morgan fingerprint density at radius 3 is 2.87 bits per heavy atom. The normalized spacial score (nSPS) is 30.4. The largest absolute Gasteiger partial charge is 0.314 e. The smallest absolute Gasteiger partial charge is 0.0117 e. The molecule has 2 nitrogen and oxygen atoms in total. The van der Waals surface area contributed by atoms with Gasteiger partial charge in [-0.25, -0.2) is 0 Å². The fourth-order valence-corrected chi connectivity index (χ4v) is 2.60. The highest BCUT2D eigenvalue weighted by molar-refractivity contribution is 7.99. The average molecular weight is 230 g/mol. The molecule has 0 aromatic carbocycles. The molecule has 0 spiro atoms. The monoisotopic (exact) mass is 230 g/mol. The molecule has 3 atom stereocenters. The van der Waals surface area contributed by atoms with E-state index in [1.165, 1.54) is 32.5 Å². The molecule has 1 rings (SSSR count). The van der Waals surface area contributed by atoms with Crippen molar-refractivity contribution in [1.29, 1.82) is 0 Å². The van der Waals surface area contributed by atoms with E-state index in [1.807, 2.05) is 11.8 Å². The highest BCUT2D eigenvalue weighted by Gasteiger charge is 2.23. The van der Waals surface area contributed by atoms with Gasteiger partial charge in [0.1, 0.15) is 0 Å². The molecule has 0 aromatic heterocycles. The second-order valence-corrected chi connectivity index (χ2v) is 6.20. The molecule has 1 aliphatic heterocycles. The first kappa shape index (κ1) is 13.3. The van der Waals surface area contributed by atoms with Crippen LogP contribution in [0.5, 0.6) is 0 Å². The maximum atomic E-state index is 3.72. The molecule has 1 fully saturated rings. The molecular formula is C12H26N2S. The Morgan fingerprint density at radius 2 is 2.27 bits per heavy atom. The van der Waals surface area contributed by atoms with Crippen LogP contribution in [0.4, 0.5) is 0 Å². The number of piperidine rings is 1. The highest BCUT2D eigenvalue weighted by atomic mass is 32.2. The van der Waals surface area contributed by atoms with Crippen LogP contribution in [0.2, 0.25) is 0 Å². The number of nitrogens with zero attached hydrogens (tertiary/aromatic N) is 1. The van der Waals surface area contributed by atoms with Gasteiger partial charge in [0.15, 0.2) is 0 Å². The quantitative estimate of drug-likeness (QED) is 0.778. The van der Waals surface area contributed by atoms with Gasteiger partial charge in [0, 0.05) is 17.8 Å². The Hall–Kier alpha value is 0.270. The first-order valence-corrected chi connectivity index (χ1v) is 7.37. The maximum absolute atomic E-state index is 3.72. The zero-order valence-corrected chi connectivity index (χ0v) is 11.4. The minimum atomic E-state index is 0.746. The predicted octanol–water partition coefficient (Wildman–Crippen LogP) is 2.06. The van der Waals surface area contributed by atoms with Crippen molar-refractivity contribution < 1.29 is 0 Å². The third-order valence-electron chi connectivity index (χ3n) is 3.47. The van der Waals surface area contributed by atoms with Crippen LogP contribution in [0.3, 0.4) is 0 Å². The van der Waals surface area contributed by atoms with Gasteiger partial charge in [0.2, 0.25) is 0 Å². The second kappa shape index (κ2) is 6.77. The number of hydrogen-bond donors (Lipinski definition) is 1. The molecular weight excluding hydrogens is 204 g/mol. The summed E-state index contributed by atoms with van der Waals surface area (Å²) in [6.45, 7) is 8.35. The van der Waals surface area contributed by atoms with E-state index >= 15 is 0 Å². The summed E-state index contributed by atoms with van der Waals surface area (Å²) in [6.07, 6.45) is 4.80. The fourth-order valence-electron chi connectivity index (χ4n) is 2.25. The summed E-state index contributed by atoms with van der Waals surface area (Å²) in [4.78, 5) is 2.44. The molecule has 0 aliphatic carbocycles. The zero-order valence-electron chi connectivity index (χ0n) is 10.6. The van der Waals surface area contributed by atoms with Crippen LogP contribution in [0, 0.1) is 5.92 Å². The van der Waals surface area contributed by atoms with E-state index in [-0.39, 0.29) is 0 Å². The maximum Gasteiger partial charge on any atom is 0.0117 e. The van der Waals surface area contributed by atoms with Crippen LogP contribution >= 0.6 is 11.8 Å². The van der Waals surface area contributed by atoms with Crippen molar-refractivity contribution in [1.82, 2.24) is 10.2 Å². The SMILES string of the molecule is CSC(C)CCNC1CCN(C)CC1C. The Morgan fingerprint density at radius 1 is 1.53 bits per heavy atom. The van der Waals surface area contributed by atoms with Crippen molar-refractivity contribution in [2.75, 3.05) is 32.9 Å². The molecule has 3 unspecified atom stereocenters. The van der Waals surface area contributed by atoms with E-state index in [0.717, 1.165) is 17.2 Å². The lowest BCUT2D eigenvalue weighted by molar-refractivity contribution is 0.175. The van der Waals surface area contributed by atoms with Crippen LogP contribution in [-0.2, 0) is 0 Å². The zero-order chi connectivity index (χ0) is 11.3. The Balaban J connectivity index is 2.15. The first-order chi connectivity index (χ1) is 7.13. The van der Waals surface area contributed by atoms with Crippen molar-refractivity contribution in [2.24, 2.45) is 5.92 Å². The molecule has 0 bridgehead atoms. The van der Waals surface area contributed by atoms with Crippen molar-refractivity contribution in [3.8, 4) is 0 Å². The molecule has 0 aromatic rings. The summed E-state index contributed by atoms with van der Waals surface area (Å²) in [7, 11) is 2.22. The molecule has 0 radical (unpaired) electrons. The van der Waals surface area contributed by atoms with Gasteiger partial charge in [0.25, 0.3) is 0 Å². The molecule has 1 saturated heterocycles. The summed E-state index contributed by atoms with van der Waals surface area (Å²) in [5.41, 5.74) is 0. The third kappa shape index (κ3) is 4.75. The minimum Gasteiger partial charge on any atom is -0.314 e. The van der Waals surface area contributed by atoms with Crippen LogP contribution < -0.4 is 5.32 Å². The number of likely N-dealkylation sites (tertiary alicyclic amines) is 1. The minimum absolute atomic E-state index is 0.746. The molecule has 1 aliphatic rings. The third-order valence-corrected chi connectivity index (χ3v) is 4.51. The highest BCUT2D eigenvalue weighted by Crippen LogP contribution is 2.16. The van der Waals surface area contributed by atoms with E-state index in [9.17, 15) is 0 Å². The fraction of sp³-hybridized carbons (Fsp3) is 1.00. The number of thioether (sulfide) groups is 1. The molecule has 1 heterocycles. The lowest BCUT2D eigenvalue weighted by Gasteiger charge is -2.35. The van der Waals surface area contributed by atoms with Crippen molar-refractivity contribution >= 4 is 11.8 Å². The van der Waals surface area contributed by atoms with Crippen molar-refractivity contribution in [2.45, 2.75) is 38.0 Å². The van der Waals surface area contributed by atoms with Crippen LogP contribution in [-0.4, -0.2) is 49.1 Å². The molecule has 15 heavy (non-hydrogen) atoms. The van der Waals surface area contributed by atoms with Gasteiger partial charge >= 0.3 is 0 Å². The summed E-state index contributed by atoms with van der Waals surface area (Å²) in [5, 5.41) is 4.51. The summed E-state index contributed by atoms with van der Waals surface area (Å²) in [6, 6.07) is 0.746. The molecule has 0 saturated carbocycles. The van der Waals surface area contributed by atoms with Crippen molar-refractivity contribution in [3.05, 3.63) is 0 Å². The van der Waals surface area contributed by atoms with Crippen LogP contribution in [0.25, 0.3) is 0 Å². The summed E-state index contributed by atoms with van der Waals surface area (Å²) in [5.74, 6) is 0.799. The van der Waals surface area contributed by atoms with Crippen LogP contribution in [0.1, 0.15) is 26.7 Å². The van der Waals surface area contributed by atoms with Gasteiger partial charge in [-0.2, -0.15) is 11.8 Å². The van der Waals surface area contributed by atoms with Gasteiger partial charge in [0.05, 0.1) is 0 Å². The molecule has 1 N–H and O–H groups in total.